The summed E-state index contributed by atoms with van der Waals surface area (Å²) < 4.78 is 0. The van der Waals surface area contributed by atoms with Crippen molar-refractivity contribution in [2.75, 3.05) is 0 Å². The molecule has 0 N–H and O–H groups in total. The van der Waals surface area contributed by atoms with Gasteiger partial charge in [0.1, 0.15) is 6.33 Å². The molecular formula is C4H5N2. The Labute approximate surface area is 37.4 Å². The molecular weight excluding hydrogens is 76.1 g/mol. The normalized spacial score (nSPS) is 8.00. The first-order chi connectivity index (χ1) is 3.00. The van der Waals surface area contributed by atoms with Gasteiger partial charge in [-0.15, -0.1) is 0 Å². The fraction of sp³-hybridized carbons (Fsp3) is 0. The number of aromatic nitrogens is 2. The molecule has 2 heteroatoms. The number of nitrogens with zero attached hydrogens (tertiary/aromatic N) is 2. The van der Waals surface area contributed by atoms with Gasteiger partial charge in [0.05, 0.1) is 0 Å². The van der Waals surface area contributed by atoms with Gasteiger partial charge < -0.3 is 0 Å². The standard InChI is InChI=1S/C4H4N2.H/c1-2-5-4-6-3-1;/h1-4H;. The van der Waals surface area contributed by atoms with Gasteiger partial charge in [-0.2, -0.15) is 0 Å². The molecule has 1 aromatic rings. The first kappa shape index (κ1) is 3.28. The largest absolute Gasteiger partial charge is 0.245 e. The lowest BCUT2D eigenvalue weighted by atomic mass is 10.7. The van der Waals surface area contributed by atoms with Crippen LogP contribution < -0.4 is 0 Å². The summed E-state index contributed by atoms with van der Waals surface area (Å²) >= 11 is 0. The summed E-state index contributed by atoms with van der Waals surface area (Å²) in [7, 11) is 0. The molecule has 6 heavy (non-hydrogen) atoms. The third-order valence-corrected chi connectivity index (χ3v) is 0.478. The van der Waals surface area contributed by atoms with Crippen molar-refractivity contribution in [3.05, 3.63) is 24.8 Å². The van der Waals surface area contributed by atoms with Crippen LogP contribution in [0.3, 0.4) is 0 Å². The molecule has 0 unspecified atom stereocenters. The molecule has 1 radical (unpaired) electrons. The zero-order chi connectivity index (χ0) is 4.24. The van der Waals surface area contributed by atoms with Crippen molar-refractivity contribution < 1.29 is 1.43 Å². The SMILES string of the molecule is [H].c1cncnc1. The average molecular weight is 81.1 g/mol. The molecule has 0 bridgehead atoms. The lowest BCUT2D eigenvalue weighted by molar-refractivity contribution is 1.17. The maximum absolute atomic E-state index is 3.67. The Hall–Kier alpha value is -0.920. The Balaban J connectivity index is 0.000000360. The predicted molar refractivity (Wildman–Crippen MR) is 23.1 cm³/mol. The van der Waals surface area contributed by atoms with Crippen LogP contribution in [0.15, 0.2) is 24.8 Å². The molecule has 0 aliphatic rings. The van der Waals surface area contributed by atoms with E-state index in [1.54, 1.807) is 18.5 Å². The van der Waals surface area contributed by atoms with Crippen molar-refractivity contribution in [3.8, 4) is 0 Å². The molecule has 0 saturated heterocycles. The Bertz CT molecular complexity index is 81.6. The van der Waals surface area contributed by atoms with Crippen LogP contribution in [-0.4, -0.2) is 9.97 Å². The Morgan fingerprint density at radius 1 is 1.17 bits per heavy atom. The number of rotatable bonds is 0. The van der Waals surface area contributed by atoms with Gasteiger partial charge in [0.15, 0.2) is 0 Å². The molecule has 2 nitrogen and oxygen atoms in total. The molecule has 0 aliphatic carbocycles. The minimum absolute atomic E-state index is 0. The highest BCUT2D eigenvalue weighted by Gasteiger charge is 1.59. The van der Waals surface area contributed by atoms with E-state index in [0.29, 0.717) is 0 Å². The van der Waals surface area contributed by atoms with Crippen LogP contribution >= 0.6 is 0 Å². The second kappa shape index (κ2) is 1.50. The predicted octanol–water partition coefficient (Wildman–Crippen LogP) is 0.589. The number of hydrogen-bond donors (Lipinski definition) is 0. The van der Waals surface area contributed by atoms with Crippen LogP contribution in [0.2, 0.25) is 0 Å². The summed E-state index contributed by atoms with van der Waals surface area (Å²) in [4.78, 5) is 7.35. The smallest absolute Gasteiger partial charge is 0.115 e. The maximum atomic E-state index is 3.67. The molecule has 0 aromatic carbocycles. The zero-order valence-electron chi connectivity index (χ0n) is 4.20. The molecule has 0 spiro atoms. The summed E-state index contributed by atoms with van der Waals surface area (Å²) in [6.07, 6.45) is 4.88. The molecule has 31 valence electrons. The van der Waals surface area contributed by atoms with Gasteiger partial charge in [-0.1, -0.05) is 0 Å². The second-order valence-corrected chi connectivity index (χ2v) is 0.904. The molecule has 0 fully saturated rings. The van der Waals surface area contributed by atoms with Crippen molar-refractivity contribution in [2.45, 2.75) is 0 Å². The third kappa shape index (κ3) is 0.516. The number of hydrogen-bond acceptors (Lipinski definition) is 2. The average Bonchev–Trinajstić information content (AvgIpc) is 1.72. The second-order valence-electron chi connectivity index (χ2n) is 0.904. The summed E-state index contributed by atoms with van der Waals surface area (Å²) in [5.41, 5.74) is 0. The molecule has 0 atom stereocenters. The van der Waals surface area contributed by atoms with Gasteiger partial charge in [-0.25, -0.2) is 9.97 Å². The topological polar surface area (TPSA) is 25.8 Å². The van der Waals surface area contributed by atoms with E-state index in [9.17, 15) is 0 Å². The molecule has 0 saturated carbocycles. The molecule has 0 amide bonds. The van der Waals surface area contributed by atoms with Crippen molar-refractivity contribution in [1.29, 1.82) is 0 Å². The van der Waals surface area contributed by atoms with E-state index in [2.05, 4.69) is 9.97 Å². The van der Waals surface area contributed by atoms with E-state index in [1.165, 1.54) is 6.33 Å². The van der Waals surface area contributed by atoms with E-state index >= 15 is 0 Å². The van der Waals surface area contributed by atoms with Crippen LogP contribution in [0.5, 0.6) is 0 Å². The molecule has 1 rings (SSSR count). The fourth-order valence-corrected chi connectivity index (χ4v) is 0.253. The molecule has 1 heterocycles. The van der Waals surface area contributed by atoms with Gasteiger partial charge in [-0.05, 0) is 6.07 Å². The van der Waals surface area contributed by atoms with Gasteiger partial charge in [0.2, 0.25) is 0 Å². The highest BCUT2D eigenvalue weighted by molar-refractivity contribution is 4.74. The summed E-state index contributed by atoms with van der Waals surface area (Å²) in [6.45, 7) is 0. The van der Waals surface area contributed by atoms with Gasteiger partial charge >= 0.3 is 0 Å². The van der Waals surface area contributed by atoms with E-state index in [4.69, 9.17) is 0 Å². The minimum Gasteiger partial charge on any atom is -0.245 e. The lowest BCUT2D eigenvalue weighted by Gasteiger charge is -1.70. The first-order valence-electron chi connectivity index (χ1n) is 1.70. The third-order valence-electron chi connectivity index (χ3n) is 0.478. The summed E-state index contributed by atoms with van der Waals surface area (Å²) in [6, 6.07) is 1.78. The van der Waals surface area contributed by atoms with E-state index in [0.717, 1.165) is 0 Å². The van der Waals surface area contributed by atoms with Crippen LogP contribution in [0, 0.1) is 0 Å². The first-order valence-corrected chi connectivity index (χ1v) is 1.70. The van der Waals surface area contributed by atoms with Crippen LogP contribution in [0.25, 0.3) is 0 Å². The van der Waals surface area contributed by atoms with Gasteiger partial charge in [0, 0.05) is 13.8 Å². The van der Waals surface area contributed by atoms with Crippen LogP contribution in [-0.2, 0) is 0 Å². The molecule has 0 aliphatic heterocycles. The zero-order valence-corrected chi connectivity index (χ0v) is 3.20. The summed E-state index contributed by atoms with van der Waals surface area (Å²) in [5.74, 6) is 0. The van der Waals surface area contributed by atoms with Crippen molar-refractivity contribution in [2.24, 2.45) is 0 Å². The lowest BCUT2D eigenvalue weighted by Crippen LogP contribution is -1.66. The Morgan fingerprint density at radius 3 is 2.00 bits per heavy atom. The fourth-order valence-electron chi connectivity index (χ4n) is 0.253. The van der Waals surface area contributed by atoms with Gasteiger partial charge in [0.25, 0.3) is 0 Å². The van der Waals surface area contributed by atoms with Crippen LogP contribution in [0.4, 0.5) is 0 Å². The monoisotopic (exact) mass is 81.0 g/mol. The minimum atomic E-state index is 0. The Morgan fingerprint density at radius 2 is 1.83 bits per heavy atom. The van der Waals surface area contributed by atoms with Crippen LogP contribution in [0.1, 0.15) is 1.43 Å². The summed E-state index contributed by atoms with van der Waals surface area (Å²) in [5, 5.41) is 0. The van der Waals surface area contributed by atoms with E-state index in [-0.39, 0.29) is 1.43 Å². The quantitative estimate of drug-likeness (QED) is 0.456. The molecule has 1 aromatic heterocycles. The maximum Gasteiger partial charge on any atom is 0.115 e. The van der Waals surface area contributed by atoms with Crippen molar-refractivity contribution >= 4 is 0 Å². The van der Waals surface area contributed by atoms with Crippen molar-refractivity contribution in [3.63, 3.8) is 0 Å². The Kier molecular flexibility index (Phi) is 0.819. The van der Waals surface area contributed by atoms with E-state index in [1.807, 2.05) is 0 Å². The highest BCUT2D eigenvalue weighted by atomic mass is 14.8. The highest BCUT2D eigenvalue weighted by Crippen LogP contribution is 1.66. The van der Waals surface area contributed by atoms with Crippen molar-refractivity contribution in [1.82, 2.24) is 9.97 Å². The van der Waals surface area contributed by atoms with E-state index < -0.39 is 0 Å². The van der Waals surface area contributed by atoms with Gasteiger partial charge in [-0.3, -0.25) is 0 Å².